The van der Waals surface area contributed by atoms with E-state index in [1.54, 1.807) is 0 Å². The Hall–Kier alpha value is -3.97. The molecule has 188 valence electrons. The lowest BCUT2D eigenvalue weighted by atomic mass is 10.1. The van der Waals surface area contributed by atoms with Crippen molar-refractivity contribution in [3.63, 3.8) is 0 Å². The molecule has 0 atom stereocenters. The highest BCUT2D eigenvalue weighted by molar-refractivity contribution is 7.19. The number of alkyl halides is 3. The number of methoxy groups -OCH3 is 1. The first-order chi connectivity index (χ1) is 16.8. The average molecular weight is 542 g/mol. The van der Waals surface area contributed by atoms with Gasteiger partial charge in [-0.3, -0.25) is 19.7 Å². The molecule has 9 nitrogen and oxygen atoms in total. The zero-order chi connectivity index (χ0) is 26.8. The van der Waals surface area contributed by atoms with E-state index >= 15 is 0 Å². The first kappa shape index (κ1) is 26.6. The summed E-state index contributed by atoms with van der Waals surface area (Å²) in [6.07, 6.45) is -4.62. The SMILES string of the molecule is COC(=O)c1c(NC(=O)c2ccc(Cl)c([N+](=O)[O-])c2)sc(C(=O)Nc2cccc(C(F)(F)F)c2)c1C. The minimum Gasteiger partial charge on any atom is -0.465 e. The third-order valence-electron chi connectivity index (χ3n) is 4.82. The summed E-state index contributed by atoms with van der Waals surface area (Å²) < 4.78 is 43.7. The highest BCUT2D eigenvalue weighted by Gasteiger charge is 2.31. The monoisotopic (exact) mass is 541 g/mol. The lowest BCUT2D eigenvalue weighted by Crippen LogP contribution is -2.15. The quantitative estimate of drug-likeness (QED) is 0.226. The van der Waals surface area contributed by atoms with Gasteiger partial charge in [-0.25, -0.2) is 4.79 Å². The highest BCUT2D eigenvalue weighted by Crippen LogP contribution is 2.36. The van der Waals surface area contributed by atoms with Gasteiger partial charge in [-0.15, -0.1) is 11.3 Å². The number of benzene rings is 2. The van der Waals surface area contributed by atoms with Crippen LogP contribution in [-0.4, -0.2) is 29.8 Å². The normalized spacial score (nSPS) is 11.1. The van der Waals surface area contributed by atoms with E-state index in [0.29, 0.717) is 11.3 Å². The van der Waals surface area contributed by atoms with Crippen LogP contribution in [0.5, 0.6) is 0 Å². The molecule has 0 fully saturated rings. The van der Waals surface area contributed by atoms with Crippen LogP contribution in [0.25, 0.3) is 0 Å². The van der Waals surface area contributed by atoms with Gasteiger partial charge in [-0.2, -0.15) is 13.2 Å². The number of halogens is 4. The minimum atomic E-state index is -4.62. The summed E-state index contributed by atoms with van der Waals surface area (Å²) in [7, 11) is 1.08. The van der Waals surface area contributed by atoms with Gasteiger partial charge in [0.25, 0.3) is 17.5 Å². The number of thiophene rings is 1. The number of anilines is 2. The molecule has 2 N–H and O–H groups in total. The van der Waals surface area contributed by atoms with E-state index in [1.165, 1.54) is 19.1 Å². The van der Waals surface area contributed by atoms with Gasteiger partial charge in [0.05, 0.1) is 28.0 Å². The number of nitro benzene ring substituents is 1. The maximum atomic E-state index is 13.0. The summed E-state index contributed by atoms with van der Waals surface area (Å²) in [6.45, 7) is 1.40. The fraction of sp³-hybridized carbons (Fsp3) is 0.136. The van der Waals surface area contributed by atoms with Gasteiger partial charge in [0.15, 0.2) is 0 Å². The predicted octanol–water partition coefficient (Wildman–Crippen LogP) is 5.93. The molecule has 0 spiro atoms. The molecule has 3 rings (SSSR count). The lowest BCUT2D eigenvalue weighted by Gasteiger charge is -2.09. The van der Waals surface area contributed by atoms with Crippen LogP contribution in [0.1, 0.15) is 41.5 Å². The van der Waals surface area contributed by atoms with E-state index in [0.717, 1.165) is 37.4 Å². The molecule has 0 bridgehead atoms. The summed E-state index contributed by atoms with van der Waals surface area (Å²) in [6, 6.07) is 7.29. The Morgan fingerprint density at radius 3 is 2.39 bits per heavy atom. The van der Waals surface area contributed by atoms with E-state index in [2.05, 4.69) is 10.6 Å². The highest BCUT2D eigenvalue weighted by atomic mass is 35.5. The van der Waals surface area contributed by atoms with Gasteiger partial charge in [0.1, 0.15) is 10.0 Å². The number of carbonyl (C=O) groups is 3. The Labute approximate surface area is 210 Å². The smallest absolute Gasteiger partial charge is 0.416 e. The van der Waals surface area contributed by atoms with Crippen LogP contribution in [0.3, 0.4) is 0 Å². The molecule has 0 unspecified atom stereocenters. The van der Waals surface area contributed by atoms with Crippen molar-refractivity contribution in [2.75, 3.05) is 17.7 Å². The molecule has 2 aromatic carbocycles. The molecule has 0 aliphatic rings. The Kier molecular flexibility index (Phi) is 7.65. The summed E-state index contributed by atoms with van der Waals surface area (Å²) >= 11 is 6.44. The fourth-order valence-corrected chi connectivity index (χ4v) is 4.37. The minimum absolute atomic E-state index is 0.0785. The van der Waals surface area contributed by atoms with Crippen molar-refractivity contribution in [2.45, 2.75) is 13.1 Å². The maximum Gasteiger partial charge on any atom is 0.416 e. The Morgan fingerprint density at radius 2 is 1.78 bits per heavy atom. The molecule has 0 aliphatic heterocycles. The summed E-state index contributed by atoms with van der Waals surface area (Å²) in [5.74, 6) is -2.56. The van der Waals surface area contributed by atoms with Crippen LogP contribution in [0.2, 0.25) is 5.02 Å². The number of amides is 2. The van der Waals surface area contributed by atoms with E-state index in [1.807, 2.05) is 0 Å². The maximum absolute atomic E-state index is 13.0. The third kappa shape index (κ3) is 5.63. The van der Waals surface area contributed by atoms with Crippen molar-refractivity contribution in [3.8, 4) is 0 Å². The number of hydrogen-bond donors (Lipinski definition) is 2. The molecule has 36 heavy (non-hydrogen) atoms. The topological polar surface area (TPSA) is 128 Å². The van der Waals surface area contributed by atoms with Crippen LogP contribution < -0.4 is 10.6 Å². The van der Waals surface area contributed by atoms with Crippen LogP contribution in [-0.2, 0) is 10.9 Å². The average Bonchev–Trinajstić information content (AvgIpc) is 3.13. The first-order valence-electron chi connectivity index (χ1n) is 9.79. The first-order valence-corrected chi connectivity index (χ1v) is 11.0. The van der Waals surface area contributed by atoms with Gasteiger partial charge in [0, 0.05) is 17.3 Å². The van der Waals surface area contributed by atoms with Gasteiger partial charge >= 0.3 is 12.1 Å². The lowest BCUT2D eigenvalue weighted by molar-refractivity contribution is -0.384. The second-order valence-electron chi connectivity index (χ2n) is 7.16. The largest absolute Gasteiger partial charge is 0.465 e. The Morgan fingerprint density at radius 1 is 1.08 bits per heavy atom. The molecule has 0 aliphatic carbocycles. The number of esters is 1. The van der Waals surface area contributed by atoms with Crippen LogP contribution in [0.4, 0.5) is 29.5 Å². The molecule has 3 aromatic rings. The number of rotatable bonds is 6. The molecule has 1 aromatic heterocycles. The summed E-state index contributed by atoms with van der Waals surface area (Å²) in [5.41, 5.74) is -1.82. The van der Waals surface area contributed by atoms with Crippen molar-refractivity contribution in [3.05, 3.63) is 84.7 Å². The van der Waals surface area contributed by atoms with E-state index in [-0.39, 0.29) is 37.3 Å². The van der Waals surface area contributed by atoms with Crippen LogP contribution in [0.15, 0.2) is 42.5 Å². The second-order valence-corrected chi connectivity index (χ2v) is 8.59. The Balaban J connectivity index is 1.95. The van der Waals surface area contributed by atoms with Gasteiger partial charge < -0.3 is 15.4 Å². The zero-order valence-electron chi connectivity index (χ0n) is 18.4. The number of hydrogen-bond acceptors (Lipinski definition) is 7. The fourth-order valence-electron chi connectivity index (χ4n) is 3.10. The number of nitrogens with one attached hydrogen (secondary N) is 2. The third-order valence-corrected chi connectivity index (χ3v) is 6.35. The summed E-state index contributed by atoms with van der Waals surface area (Å²) in [5, 5.41) is 15.6. The predicted molar refractivity (Wildman–Crippen MR) is 126 cm³/mol. The van der Waals surface area contributed by atoms with E-state index < -0.39 is 40.1 Å². The molecule has 0 radical (unpaired) electrons. The molecule has 0 saturated heterocycles. The standard InChI is InChI=1S/C22H15ClF3N3O6S/c1-10-16(21(32)35-2)20(28-18(30)11-6-7-14(23)15(8-11)29(33)34)36-17(10)19(31)27-13-5-3-4-12(9-13)22(24,25)26/h3-9H,1-2H3,(H,27,31)(H,28,30). The molecule has 14 heteroatoms. The molecule has 0 saturated carbocycles. The second kappa shape index (κ2) is 10.3. The Bertz CT molecular complexity index is 1390. The molecule has 1 heterocycles. The molecule has 2 amide bonds. The van der Waals surface area contributed by atoms with Gasteiger partial charge in [0.2, 0.25) is 0 Å². The van der Waals surface area contributed by atoms with Crippen molar-refractivity contribution in [1.29, 1.82) is 0 Å². The van der Waals surface area contributed by atoms with Crippen molar-refractivity contribution >= 4 is 57.1 Å². The van der Waals surface area contributed by atoms with Crippen molar-refractivity contribution in [2.24, 2.45) is 0 Å². The number of ether oxygens (including phenoxy) is 1. The number of carbonyl (C=O) groups excluding carboxylic acids is 3. The van der Waals surface area contributed by atoms with Gasteiger partial charge in [-0.05, 0) is 42.8 Å². The number of nitro groups is 1. The van der Waals surface area contributed by atoms with Crippen molar-refractivity contribution in [1.82, 2.24) is 0 Å². The zero-order valence-corrected chi connectivity index (χ0v) is 19.9. The van der Waals surface area contributed by atoms with Gasteiger partial charge in [-0.1, -0.05) is 17.7 Å². The number of nitrogens with zero attached hydrogens (tertiary/aromatic N) is 1. The van der Waals surface area contributed by atoms with Crippen LogP contribution in [0, 0.1) is 17.0 Å². The van der Waals surface area contributed by atoms with E-state index in [9.17, 15) is 37.7 Å². The van der Waals surface area contributed by atoms with Crippen molar-refractivity contribution < 1.29 is 37.2 Å². The summed E-state index contributed by atoms with van der Waals surface area (Å²) in [4.78, 5) is 48.2. The molecular formula is C22H15ClF3N3O6S. The van der Waals surface area contributed by atoms with E-state index in [4.69, 9.17) is 16.3 Å². The molecular weight excluding hydrogens is 527 g/mol. The van der Waals surface area contributed by atoms with Crippen LogP contribution >= 0.6 is 22.9 Å².